The number of hydrogen-bond acceptors (Lipinski definition) is 4. The number of rotatable bonds is 5. The van der Waals surface area contributed by atoms with E-state index in [2.05, 4.69) is 31.9 Å². The van der Waals surface area contributed by atoms with E-state index in [4.69, 9.17) is 34.8 Å². The third kappa shape index (κ3) is 4.04. The normalized spacial score (nSPS) is 29.4. The van der Waals surface area contributed by atoms with E-state index in [-0.39, 0.29) is 37.1 Å². The highest BCUT2D eigenvalue weighted by Crippen LogP contribution is 2.60. The number of hydrazine groups is 1. The van der Waals surface area contributed by atoms with Crippen LogP contribution in [-0.2, 0) is 9.59 Å². The van der Waals surface area contributed by atoms with Gasteiger partial charge < -0.3 is 0 Å². The molecule has 0 N–H and O–H groups in total. The largest absolute Gasteiger partial charge is 0.292 e. The monoisotopic (exact) mass is 674 g/mol. The van der Waals surface area contributed by atoms with Gasteiger partial charge in [-0.05, 0) is 67.6 Å². The standard InChI is InChI=1S/C25H19Br2Cl3N2O4/c1-10(22(33)11-2-5-13(28)6-3-11)31(23(34)12-4-7-16(29)17(30)8-12)32-24(35)18-14-9-15(19(18)25(32)36)21(27)20(14)26/h2-8,10,14-15,18-21H,9H2,1H3/t10-,14-,15-,18-,19+,20+,21+/m1/s1. The number of hydrogen-bond donors (Lipinski definition) is 0. The number of nitrogens with zero attached hydrogens (tertiary/aromatic N) is 2. The fraction of sp³-hybridized carbons (Fsp3) is 0.360. The summed E-state index contributed by atoms with van der Waals surface area (Å²) in [6, 6.07) is 9.29. The predicted octanol–water partition coefficient (Wildman–Crippen LogP) is 6.05. The van der Waals surface area contributed by atoms with Crippen LogP contribution in [0.15, 0.2) is 42.5 Å². The number of carbonyl (C=O) groups is 4. The van der Waals surface area contributed by atoms with E-state index in [9.17, 15) is 19.2 Å². The van der Waals surface area contributed by atoms with Crippen molar-refractivity contribution >= 4 is 90.2 Å². The molecule has 2 aromatic rings. The molecular formula is C25H19Br2Cl3N2O4. The molecule has 3 fully saturated rings. The Balaban J connectivity index is 1.56. The molecule has 6 nitrogen and oxygen atoms in total. The molecule has 0 aromatic heterocycles. The Morgan fingerprint density at radius 1 is 0.889 bits per heavy atom. The van der Waals surface area contributed by atoms with Gasteiger partial charge in [-0.25, -0.2) is 5.01 Å². The molecule has 11 heteroatoms. The molecule has 3 aliphatic rings. The number of alkyl halides is 2. The van der Waals surface area contributed by atoms with E-state index in [1.54, 1.807) is 12.1 Å². The van der Waals surface area contributed by atoms with Gasteiger partial charge in [-0.1, -0.05) is 66.7 Å². The van der Waals surface area contributed by atoms with Crippen LogP contribution < -0.4 is 0 Å². The van der Waals surface area contributed by atoms with Crippen molar-refractivity contribution in [2.45, 2.75) is 29.0 Å². The zero-order valence-electron chi connectivity index (χ0n) is 18.7. The van der Waals surface area contributed by atoms with E-state index >= 15 is 0 Å². The fourth-order valence-corrected chi connectivity index (χ4v) is 8.01. The van der Waals surface area contributed by atoms with Gasteiger partial charge in [-0.2, -0.15) is 5.01 Å². The van der Waals surface area contributed by atoms with Crippen LogP contribution in [-0.4, -0.2) is 49.2 Å². The van der Waals surface area contributed by atoms with E-state index in [1.807, 2.05) is 0 Å². The summed E-state index contributed by atoms with van der Waals surface area (Å²) in [4.78, 5) is 54.9. The number of carbonyl (C=O) groups excluding carboxylic acids is 4. The molecule has 2 aromatic carbocycles. The summed E-state index contributed by atoms with van der Waals surface area (Å²) in [5.74, 6) is -3.29. The van der Waals surface area contributed by atoms with E-state index < -0.39 is 41.4 Å². The number of fused-ring (bicyclic) bond motifs is 5. The van der Waals surface area contributed by atoms with Gasteiger partial charge >= 0.3 is 0 Å². The van der Waals surface area contributed by atoms with Crippen molar-refractivity contribution in [2.24, 2.45) is 23.7 Å². The summed E-state index contributed by atoms with van der Waals surface area (Å²) in [5.41, 5.74) is 0.386. The van der Waals surface area contributed by atoms with Crippen LogP contribution in [0.25, 0.3) is 0 Å². The Kier molecular flexibility index (Phi) is 7.05. The summed E-state index contributed by atoms with van der Waals surface area (Å²) in [6.45, 7) is 1.50. The van der Waals surface area contributed by atoms with Crippen molar-refractivity contribution in [3.05, 3.63) is 68.7 Å². The van der Waals surface area contributed by atoms with Crippen LogP contribution in [0.5, 0.6) is 0 Å². The van der Waals surface area contributed by atoms with Crippen molar-refractivity contribution < 1.29 is 19.2 Å². The summed E-state index contributed by atoms with van der Waals surface area (Å²) < 4.78 is 0. The van der Waals surface area contributed by atoms with Crippen LogP contribution in [0.2, 0.25) is 15.1 Å². The number of imide groups is 1. The second-order valence-corrected chi connectivity index (χ2v) is 12.7. The molecule has 0 unspecified atom stereocenters. The van der Waals surface area contributed by atoms with Crippen molar-refractivity contribution in [3.8, 4) is 0 Å². The number of benzene rings is 2. The van der Waals surface area contributed by atoms with Crippen molar-refractivity contribution in [1.29, 1.82) is 0 Å². The molecule has 3 amide bonds. The number of ketones is 1. The van der Waals surface area contributed by atoms with Crippen LogP contribution in [0.1, 0.15) is 34.1 Å². The smallest absolute Gasteiger partial charge is 0.273 e. The van der Waals surface area contributed by atoms with E-state index in [0.717, 1.165) is 16.4 Å². The quantitative estimate of drug-likeness (QED) is 0.220. The summed E-state index contributed by atoms with van der Waals surface area (Å²) in [6.07, 6.45) is 0.743. The first-order valence-electron chi connectivity index (χ1n) is 11.3. The highest BCUT2D eigenvalue weighted by atomic mass is 79.9. The third-order valence-electron chi connectivity index (χ3n) is 7.43. The second-order valence-electron chi connectivity index (χ2n) is 9.32. The van der Waals surface area contributed by atoms with E-state index in [0.29, 0.717) is 10.6 Å². The molecule has 1 saturated heterocycles. The van der Waals surface area contributed by atoms with E-state index in [1.165, 1.54) is 37.3 Å². The summed E-state index contributed by atoms with van der Waals surface area (Å²) in [7, 11) is 0. The third-order valence-corrected chi connectivity index (χ3v) is 11.6. The minimum Gasteiger partial charge on any atom is -0.292 e. The molecule has 2 bridgehead atoms. The van der Waals surface area contributed by atoms with Crippen LogP contribution in [0.3, 0.4) is 0 Å². The topological polar surface area (TPSA) is 74.8 Å². The number of Topliss-reactive ketones (excluding diaryl/α,β-unsaturated/α-hetero) is 1. The molecule has 7 atom stereocenters. The molecule has 1 aliphatic heterocycles. The lowest BCUT2D eigenvalue weighted by atomic mass is 9.81. The summed E-state index contributed by atoms with van der Waals surface area (Å²) >= 11 is 25.5. The molecule has 188 valence electrons. The maximum Gasteiger partial charge on any atom is 0.273 e. The van der Waals surface area contributed by atoms with Gasteiger partial charge in [-0.3, -0.25) is 19.2 Å². The van der Waals surface area contributed by atoms with Crippen LogP contribution in [0, 0.1) is 23.7 Å². The van der Waals surface area contributed by atoms with Gasteiger partial charge in [0.1, 0.15) is 6.04 Å². The molecule has 0 spiro atoms. The predicted molar refractivity (Wildman–Crippen MR) is 144 cm³/mol. The second kappa shape index (κ2) is 9.70. The van der Waals surface area contributed by atoms with Crippen LogP contribution in [0.4, 0.5) is 0 Å². The fourth-order valence-electron chi connectivity index (χ4n) is 5.71. The zero-order valence-corrected chi connectivity index (χ0v) is 24.1. The lowest BCUT2D eigenvalue weighted by Crippen LogP contribution is -2.57. The first-order chi connectivity index (χ1) is 17.0. The van der Waals surface area contributed by atoms with Gasteiger partial charge in [0.25, 0.3) is 17.7 Å². The van der Waals surface area contributed by atoms with Crippen molar-refractivity contribution in [2.75, 3.05) is 0 Å². The minimum atomic E-state index is -1.17. The van der Waals surface area contributed by atoms with Gasteiger partial charge in [0.05, 0.1) is 21.9 Å². The average Bonchev–Trinajstić information content (AvgIpc) is 3.46. The molecule has 2 aliphatic carbocycles. The van der Waals surface area contributed by atoms with Gasteiger partial charge in [0.15, 0.2) is 5.78 Å². The molecule has 1 heterocycles. The first kappa shape index (κ1) is 26.2. The molecule has 5 rings (SSSR count). The zero-order chi connectivity index (χ0) is 26.0. The highest BCUT2D eigenvalue weighted by molar-refractivity contribution is 9.12. The molecule has 2 saturated carbocycles. The van der Waals surface area contributed by atoms with Gasteiger partial charge in [0, 0.05) is 25.8 Å². The van der Waals surface area contributed by atoms with Crippen molar-refractivity contribution in [1.82, 2.24) is 10.0 Å². The Labute approximate surface area is 239 Å². The molecule has 36 heavy (non-hydrogen) atoms. The Bertz CT molecular complexity index is 1260. The lowest BCUT2D eigenvalue weighted by Gasteiger charge is -2.35. The number of halogens is 5. The molecular weight excluding hydrogens is 658 g/mol. The highest BCUT2D eigenvalue weighted by Gasteiger charge is 2.68. The van der Waals surface area contributed by atoms with Gasteiger partial charge in [-0.15, -0.1) is 0 Å². The lowest BCUT2D eigenvalue weighted by molar-refractivity contribution is -0.157. The average molecular weight is 678 g/mol. The number of amides is 3. The van der Waals surface area contributed by atoms with Gasteiger partial charge in [0.2, 0.25) is 0 Å². The Morgan fingerprint density at radius 2 is 1.42 bits per heavy atom. The maximum absolute atomic E-state index is 13.8. The maximum atomic E-state index is 13.8. The minimum absolute atomic E-state index is 0.0350. The van der Waals surface area contributed by atoms with Crippen LogP contribution >= 0.6 is 66.7 Å². The first-order valence-corrected chi connectivity index (χ1v) is 14.2. The van der Waals surface area contributed by atoms with Crippen molar-refractivity contribution in [3.63, 3.8) is 0 Å². The summed E-state index contributed by atoms with van der Waals surface area (Å²) in [5, 5.41) is 2.70. The molecule has 0 radical (unpaired) electrons. The Morgan fingerprint density at radius 3 is 1.94 bits per heavy atom. The Hall–Kier alpha value is -1.45. The SMILES string of the molecule is C[C@H](C(=O)c1ccc(Cl)cc1)N(C(=O)c1ccc(Cl)c(Cl)c1)N1C(=O)[C@@H]2[C@H]3C[C@@H]([C@H](Br)[C@H]3Br)[C@@H]2C1=O.